The van der Waals surface area contributed by atoms with Crippen LogP contribution in [0.3, 0.4) is 0 Å². The van der Waals surface area contributed by atoms with Crippen molar-refractivity contribution in [2.45, 2.75) is 26.7 Å². The molecule has 0 saturated heterocycles. The molecule has 0 aliphatic carbocycles. The quantitative estimate of drug-likeness (QED) is 0.267. The number of benzene rings is 4. The summed E-state index contributed by atoms with van der Waals surface area (Å²) in [5.74, 6) is -5.19. The molecular formula is C28H24B2F4O3. The molecule has 9 heteroatoms. The minimum absolute atomic E-state index is 0.0210. The molecule has 0 aliphatic heterocycles. The van der Waals surface area contributed by atoms with Gasteiger partial charge in [0, 0.05) is 22.1 Å². The van der Waals surface area contributed by atoms with Crippen molar-refractivity contribution >= 4 is 25.2 Å². The van der Waals surface area contributed by atoms with Gasteiger partial charge in [-0.25, -0.2) is 17.6 Å². The van der Waals surface area contributed by atoms with Gasteiger partial charge >= 0.3 is 14.2 Å². The van der Waals surface area contributed by atoms with Gasteiger partial charge in [0.2, 0.25) is 0 Å². The van der Waals surface area contributed by atoms with Crippen LogP contribution in [0.5, 0.6) is 0 Å². The SMILES string of the molecule is CCc1ccc(-c2ccc(B(O)OB(O)c3ccc(-c4ccc(CC)cc4)c(F)c3F)c(F)c2F)cc1. The average Bonchev–Trinajstić information content (AvgIpc) is 2.91. The van der Waals surface area contributed by atoms with Crippen molar-refractivity contribution in [1.82, 2.24) is 0 Å². The Morgan fingerprint density at radius 3 is 1.22 bits per heavy atom. The molecule has 0 heterocycles. The Hall–Kier alpha value is -3.39. The topological polar surface area (TPSA) is 49.7 Å². The number of halogens is 4. The molecule has 4 aromatic carbocycles. The lowest BCUT2D eigenvalue weighted by Crippen LogP contribution is -2.47. The molecular weight excluding hydrogens is 482 g/mol. The molecule has 0 unspecified atom stereocenters. The molecule has 2 N–H and O–H groups in total. The first-order valence-corrected chi connectivity index (χ1v) is 11.9. The largest absolute Gasteiger partial charge is 0.480 e. The minimum atomic E-state index is -2.15. The Balaban J connectivity index is 1.55. The number of hydrogen-bond donors (Lipinski definition) is 2. The normalized spacial score (nSPS) is 11.0. The molecule has 0 radical (unpaired) electrons. The number of aryl methyl sites for hydroxylation is 2. The van der Waals surface area contributed by atoms with E-state index in [0.29, 0.717) is 11.1 Å². The standard InChI is InChI=1S/C28H24B2F4O3/c1-3-17-5-9-19(10-6-17)21-13-15-23(27(33)25(21)31)29(35)37-30(36)24-16-14-22(26(32)28(24)34)20-11-7-18(4-2)8-12-20/h5-16,35-36H,3-4H2,1-2H3. The summed E-state index contributed by atoms with van der Waals surface area (Å²) in [6.07, 6.45) is 1.59. The third-order valence-corrected chi connectivity index (χ3v) is 6.36. The van der Waals surface area contributed by atoms with Crippen LogP contribution in [-0.2, 0) is 17.4 Å². The van der Waals surface area contributed by atoms with Crippen molar-refractivity contribution in [3.05, 3.63) is 107 Å². The van der Waals surface area contributed by atoms with Crippen LogP contribution in [0.15, 0.2) is 72.8 Å². The summed E-state index contributed by atoms with van der Waals surface area (Å²) in [4.78, 5) is 0. The highest BCUT2D eigenvalue weighted by molar-refractivity contribution is 6.73. The second kappa shape index (κ2) is 11.3. The minimum Gasteiger partial charge on any atom is -0.443 e. The van der Waals surface area contributed by atoms with Crippen LogP contribution in [-0.4, -0.2) is 24.3 Å². The fourth-order valence-electron chi connectivity index (χ4n) is 4.06. The van der Waals surface area contributed by atoms with E-state index < -0.39 is 48.4 Å². The number of rotatable bonds is 8. The molecule has 4 aromatic rings. The Kier molecular flexibility index (Phi) is 8.17. The van der Waals surface area contributed by atoms with Gasteiger partial charge in [0.05, 0.1) is 0 Å². The van der Waals surface area contributed by atoms with Gasteiger partial charge in [-0.3, -0.25) is 0 Å². The highest BCUT2D eigenvalue weighted by atomic mass is 19.2. The predicted molar refractivity (Wildman–Crippen MR) is 139 cm³/mol. The Morgan fingerprint density at radius 2 is 0.892 bits per heavy atom. The molecule has 0 amide bonds. The highest BCUT2D eigenvalue weighted by Crippen LogP contribution is 2.26. The molecule has 0 saturated carbocycles. The van der Waals surface area contributed by atoms with Gasteiger partial charge in [-0.05, 0) is 35.1 Å². The smallest absolute Gasteiger partial charge is 0.443 e. The van der Waals surface area contributed by atoms with Crippen molar-refractivity contribution in [2.75, 3.05) is 0 Å². The molecule has 0 fully saturated rings. The first-order valence-electron chi connectivity index (χ1n) is 11.9. The first-order chi connectivity index (χ1) is 17.7. The summed E-state index contributed by atoms with van der Waals surface area (Å²) in [6.45, 7) is 3.94. The summed E-state index contributed by atoms with van der Waals surface area (Å²) in [6, 6.07) is 18.6. The maximum Gasteiger partial charge on any atom is 0.480 e. The second-order valence-corrected chi connectivity index (χ2v) is 8.60. The van der Waals surface area contributed by atoms with Crippen molar-refractivity contribution in [3.8, 4) is 22.3 Å². The molecule has 188 valence electrons. The third-order valence-electron chi connectivity index (χ3n) is 6.36. The van der Waals surface area contributed by atoms with Gasteiger partial charge in [0.25, 0.3) is 0 Å². The zero-order valence-corrected chi connectivity index (χ0v) is 20.3. The molecule has 0 spiro atoms. The average molecular weight is 506 g/mol. The summed E-state index contributed by atoms with van der Waals surface area (Å²) < 4.78 is 64.2. The Bertz CT molecular complexity index is 1290. The summed E-state index contributed by atoms with van der Waals surface area (Å²) in [7, 11) is -4.30. The molecule has 0 atom stereocenters. The number of hydrogen-bond acceptors (Lipinski definition) is 3. The van der Waals surface area contributed by atoms with E-state index in [9.17, 15) is 27.6 Å². The molecule has 37 heavy (non-hydrogen) atoms. The van der Waals surface area contributed by atoms with E-state index in [-0.39, 0.29) is 11.1 Å². The van der Waals surface area contributed by atoms with E-state index in [1.807, 2.05) is 13.8 Å². The van der Waals surface area contributed by atoms with Gasteiger partial charge in [-0.2, -0.15) is 0 Å². The Labute approximate surface area is 213 Å². The van der Waals surface area contributed by atoms with Crippen LogP contribution in [0.4, 0.5) is 17.6 Å². The molecule has 0 aliphatic rings. The van der Waals surface area contributed by atoms with Gasteiger partial charge in [0.15, 0.2) is 23.3 Å². The highest BCUT2D eigenvalue weighted by Gasteiger charge is 2.33. The van der Waals surface area contributed by atoms with Crippen LogP contribution < -0.4 is 10.9 Å². The molecule has 4 rings (SSSR count). The van der Waals surface area contributed by atoms with Crippen LogP contribution in [0, 0.1) is 23.3 Å². The summed E-state index contributed by atoms with van der Waals surface area (Å²) in [5.41, 5.74) is 1.71. The van der Waals surface area contributed by atoms with Gasteiger partial charge in [-0.15, -0.1) is 0 Å². The fourth-order valence-corrected chi connectivity index (χ4v) is 4.06. The van der Waals surface area contributed by atoms with Gasteiger partial charge < -0.3 is 14.6 Å². The van der Waals surface area contributed by atoms with E-state index in [1.165, 1.54) is 12.1 Å². The lowest BCUT2D eigenvalue weighted by atomic mass is 9.70. The predicted octanol–water partition coefficient (Wildman–Crippen LogP) is 4.79. The van der Waals surface area contributed by atoms with Crippen molar-refractivity contribution in [3.63, 3.8) is 0 Å². The third kappa shape index (κ3) is 5.49. The lowest BCUT2D eigenvalue weighted by Gasteiger charge is -2.16. The van der Waals surface area contributed by atoms with Crippen LogP contribution in [0.25, 0.3) is 22.3 Å². The van der Waals surface area contributed by atoms with Crippen molar-refractivity contribution < 1.29 is 32.2 Å². The lowest BCUT2D eigenvalue weighted by molar-refractivity contribution is 0.374. The van der Waals surface area contributed by atoms with Gasteiger partial charge in [-0.1, -0.05) is 86.6 Å². The molecule has 3 nitrogen and oxygen atoms in total. The zero-order chi connectivity index (χ0) is 26.7. The zero-order valence-electron chi connectivity index (χ0n) is 20.3. The van der Waals surface area contributed by atoms with E-state index in [2.05, 4.69) is 0 Å². The van der Waals surface area contributed by atoms with E-state index >= 15 is 0 Å². The molecule has 0 bridgehead atoms. The summed E-state index contributed by atoms with van der Waals surface area (Å²) in [5, 5.41) is 20.6. The van der Waals surface area contributed by atoms with Crippen LogP contribution >= 0.6 is 0 Å². The van der Waals surface area contributed by atoms with E-state index in [1.54, 1.807) is 48.5 Å². The first kappa shape index (κ1) is 26.7. The Morgan fingerprint density at radius 1 is 0.541 bits per heavy atom. The van der Waals surface area contributed by atoms with Crippen molar-refractivity contribution in [1.29, 1.82) is 0 Å². The van der Waals surface area contributed by atoms with E-state index in [0.717, 1.165) is 36.1 Å². The van der Waals surface area contributed by atoms with E-state index in [4.69, 9.17) is 4.57 Å². The second-order valence-electron chi connectivity index (χ2n) is 8.60. The maximum atomic E-state index is 14.8. The molecule has 0 aromatic heterocycles. The van der Waals surface area contributed by atoms with Gasteiger partial charge in [0.1, 0.15) is 0 Å². The van der Waals surface area contributed by atoms with Crippen molar-refractivity contribution in [2.24, 2.45) is 0 Å². The van der Waals surface area contributed by atoms with Crippen LogP contribution in [0.1, 0.15) is 25.0 Å². The fraction of sp³-hybridized carbons (Fsp3) is 0.143. The maximum absolute atomic E-state index is 14.8. The summed E-state index contributed by atoms with van der Waals surface area (Å²) >= 11 is 0. The monoisotopic (exact) mass is 506 g/mol. The van der Waals surface area contributed by atoms with Crippen LogP contribution in [0.2, 0.25) is 0 Å².